The van der Waals surface area contributed by atoms with Crippen LogP contribution in [0.2, 0.25) is 0 Å². The van der Waals surface area contributed by atoms with Gasteiger partial charge < -0.3 is 99.7 Å². The van der Waals surface area contributed by atoms with Crippen molar-refractivity contribution in [3.8, 4) is 0 Å². The fourth-order valence-corrected chi connectivity index (χ4v) is 8.48. The van der Waals surface area contributed by atoms with Gasteiger partial charge in [0.15, 0.2) is 0 Å². The smallest absolute Gasteiger partial charge is 0.338 e. The first-order valence-electron chi connectivity index (χ1n) is 32.4. The molecule has 0 heterocycles. The Kier molecular flexibility index (Phi) is 93.1. The number of carbonyl (C=O) groups excluding carboxylic acids is 6. The fraction of sp³-hybridized carbons (Fsp3) is 0.538. The minimum Gasteiger partial charge on any atom is -0.460 e. The Morgan fingerprint density at radius 1 is 0.231 bits per heavy atom. The van der Waals surface area contributed by atoms with Crippen molar-refractivity contribution in [1.29, 1.82) is 0 Å². The summed E-state index contributed by atoms with van der Waals surface area (Å²) in [5, 5.41) is 0. The molecule has 0 radical (unpaired) electrons. The highest BCUT2D eigenvalue weighted by molar-refractivity contribution is 5.92. The van der Waals surface area contributed by atoms with Crippen molar-refractivity contribution < 1.29 is 99.8 Å². The van der Waals surface area contributed by atoms with Crippen LogP contribution in [0.3, 0.4) is 0 Å². The molecular weight excluding hydrogens is 1500 g/mol. The molecule has 6 unspecified atom stereocenters. The lowest BCUT2D eigenvalue weighted by atomic mass is 10.1. The molecule has 10 N–H and O–H groups in total. The summed E-state index contributed by atoms with van der Waals surface area (Å²) in [6, 6.07) is 39.3. The van der Waals surface area contributed by atoms with Gasteiger partial charge in [-0.25, -0.2) is 28.8 Å². The van der Waals surface area contributed by atoms with E-state index in [1.165, 1.54) is 0 Å². The summed E-state index contributed by atoms with van der Waals surface area (Å²) in [7, 11) is 0. The van der Waals surface area contributed by atoms with E-state index in [1.807, 2.05) is 39.8 Å². The van der Waals surface area contributed by atoms with Crippen LogP contribution in [0.5, 0.6) is 0 Å². The predicted molar refractivity (Wildman–Crippen MR) is 491 cm³/mol. The van der Waals surface area contributed by atoms with E-state index >= 15 is 0 Å². The quantitative estimate of drug-likeness (QED) is 0.0103. The van der Waals surface area contributed by atoms with Gasteiger partial charge in [0, 0.05) is 28.4 Å². The summed E-state index contributed by atoms with van der Waals surface area (Å²) in [4.78, 5) is 73.8. The molecule has 0 amide bonds. The van der Waals surface area contributed by atoms with Crippen LogP contribution in [0, 0.1) is 6.92 Å². The van der Waals surface area contributed by atoms with E-state index in [2.05, 4.69) is 0 Å². The van der Waals surface area contributed by atoms with Gasteiger partial charge in [0.25, 0.3) is 0 Å². The number of hydrogen-bond donors (Lipinski definition) is 5. The van der Waals surface area contributed by atoms with Gasteiger partial charge in [-0.15, -0.1) is 0 Å². The van der Waals surface area contributed by atoms with E-state index in [1.54, 1.807) is 154 Å². The molecule has 0 saturated carbocycles. The zero-order valence-corrected chi connectivity index (χ0v) is 57.2. The second-order valence-corrected chi connectivity index (χ2v) is 23.1. The summed E-state index contributed by atoms with van der Waals surface area (Å²) < 4.78 is 84.8. The first kappa shape index (κ1) is 140. The van der Waals surface area contributed by atoms with E-state index in [9.17, 15) is 28.8 Å². The molecular formula is C91H167N5O21. The molecule has 26 nitrogen and oxygen atoms in total. The van der Waals surface area contributed by atoms with Gasteiger partial charge in [0.2, 0.25) is 0 Å². The molecule has 682 valence electrons. The van der Waals surface area contributed by atoms with Gasteiger partial charge in [0.1, 0.15) is 50.3 Å². The summed E-state index contributed by atoms with van der Waals surface area (Å²) in [6.45, 7) is 15.0. The van der Waals surface area contributed by atoms with Gasteiger partial charge in [-0.2, -0.15) is 0 Å². The molecule has 0 aliphatic carbocycles. The highest BCUT2D eigenvalue weighted by atomic mass is 16.6. The lowest BCUT2D eigenvalue weighted by molar-refractivity contribution is -0.111. The summed E-state index contributed by atoms with van der Waals surface area (Å²) in [5.41, 5.74) is 34.6. The molecule has 6 atom stereocenters. The van der Waals surface area contributed by atoms with Crippen molar-refractivity contribution in [2.24, 2.45) is 0 Å². The van der Waals surface area contributed by atoms with Gasteiger partial charge in [-0.3, -0.25) is 0 Å². The molecule has 0 aromatic heterocycles. The second-order valence-electron chi connectivity index (χ2n) is 23.1. The zero-order valence-electron chi connectivity index (χ0n) is 57.2. The van der Waals surface area contributed by atoms with Crippen LogP contribution in [-0.4, -0.2) is 190 Å². The Morgan fingerprint density at radius 3 is 0.641 bits per heavy atom. The second kappa shape index (κ2) is 78.0. The first-order valence-corrected chi connectivity index (χ1v) is 32.4. The van der Waals surface area contributed by atoms with Crippen LogP contribution in [-0.2, 0) is 71.1 Å². The van der Waals surface area contributed by atoms with Crippen molar-refractivity contribution in [2.45, 2.75) is 231 Å². The zero-order chi connectivity index (χ0) is 71.9. The molecule has 0 bridgehead atoms. The Hall–Kier alpha value is -9.22. The van der Waals surface area contributed by atoms with Gasteiger partial charge in [0.05, 0.1) is 138 Å². The topological polar surface area (TPSA) is 371 Å². The fourth-order valence-electron chi connectivity index (χ4n) is 8.48. The van der Waals surface area contributed by atoms with Gasteiger partial charge in [-0.1, -0.05) is 151 Å². The molecule has 26 heteroatoms. The molecule has 0 aliphatic rings. The highest BCUT2D eigenvalue weighted by Crippen LogP contribution is 2.15. The van der Waals surface area contributed by atoms with E-state index in [0.717, 1.165) is 5.56 Å². The van der Waals surface area contributed by atoms with Crippen molar-refractivity contribution in [3.63, 3.8) is 0 Å². The standard InChI is InChI=1S/C39H53N3O12.C34H42N2O9.18CH4/c1-27(48-16-19-51-37(43)30-4-10-33(40)11-5-30)22-46-25-36(54-24-29(3)50-18-21-53-39(45)32-8-14-35(42)15-9-32)26-47-23-28(2)49-17-20-52-38(44)31-6-12-34(41)13-7-31;1-22-5-7-26(8-6-22)32(37)45-25(4)19-42-31(20-40-17-23(2)43-33(38)27-9-13-29(35)14-10-27)21-41-18-24(3)44-34(39)28-11-15-30(36)16-12-28;;;;;;;;;;;;;;;;;;/h4-15,27-29,36H,16-26,40-42H2,1-3H3;5-16,23-25,31H,17-21,35-36H2,1-4H3;18*1H4. The third kappa shape index (κ3) is 58.3. The number of carbonyl (C=O) groups is 6. The van der Waals surface area contributed by atoms with E-state index in [-0.39, 0.29) is 258 Å². The third-order valence-corrected chi connectivity index (χ3v) is 13.9. The average molecular weight is 1670 g/mol. The Labute approximate surface area is 710 Å². The number of aryl methyl sites for hydroxylation is 1. The monoisotopic (exact) mass is 1670 g/mol. The van der Waals surface area contributed by atoms with Crippen LogP contribution < -0.4 is 28.7 Å². The molecule has 0 aliphatic heterocycles. The first-order chi connectivity index (χ1) is 47.5. The molecule has 6 aromatic rings. The molecule has 0 fully saturated rings. The summed E-state index contributed by atoms with van der Waals surface area (Å²) in [6.07, 6.45) is -3.56. The molecule has 0 saturated heterocycles. The number of nitrogen functional groups attached to an aromatic ring is 5. The van der Waals surface area contributed by atoms with Crippen molar-refractivity contribution in [1.82, 2.24) is 0 Å². The Bertz CT molecular complexity index is 3190. The number of hydrogen-bond acceptors (Lipinski definition) is 26. The van der Waals surface area contributed by atoms with Crippen LogP contribution in [0.25, 0.3) is 0 Å². The lowest BCUT2D eigenvalue weighted by Crippen LogP contribution is -2.33. The van der Waals surface area contributed by atoms with E-state index < -0.39 is 66.3 Å². The average Bonchev–Trinajstić information content (AvgIpc) is 0.956. The summed E-state index contributed by atoms with van der Waals surface area (Å²) in [5.74, 6) is -2.83. The number of rotatable bonds is 43. The van der Waals surface area contributed by atoms with E-state index in [4.69, 9.17) is 99.7 Å². The maximum Gasteiger partial charge on any atom is 0.338 e. The molecule has 117 heavy (non-hydrogen) atoms. The van der Waals surface area contributed by atoms with Crippen LogP contribution in [0.15, 0.2) is 146 Å². The number of nitrogens with two attached hydrogens (primary N) is 5. The van der Waals surface area contributed by atoms with Gasteiger partial charge >= 0.3 is 35.8 Å². The normalized spacial score (nSPS) is 11.4. The number of anilines is 5. The Balaban J connectivity index is -0.000000132. The Morgan fingerprint density at radius 2 is 0.410 bits per heavy atom. The predicted octanol–water partition coefficient (Wildman–Crippen LogP) is 20.0. The SMILES string of the molecule is C.C.C.C.C.C.C.C.C.C.C.C.C.C.C.C.C.C.CC(COCC(COCC(C)OCCOC(=O)c1ccc(N)cc1)OCC(C)OCCOC(=O)c1ccc(N)cc1)OCCOC(=O)c1ccc(N)cc1.Cc1ccc(C(=O)OC(C)COC(COCC(C)OC(=O)c2ccc(N)cc2)COCC(C)OC(=O)c2ccc(N)cc2)cc1. The lowest BCUT2D eigenvalue weighted by Gasteiger charge is -2.23. The number of esters is 6. The maximum absolute atomic E-state index is 12.5. The third-order valence-electron chi connectivity index (χ3n) is 13.9. The number of benzene rings is 6. The van der Waals surface area contributed by atoms with Crippen molar-refractivity contribution in [2.75, 3.05) is 134 Å². The maximum atomic E-state index is 12.5. The molecule has 6 rings (SSSR count). The van der Waals surface area contributed by atoms with Crippen LogP contribution >= 0.6 is 0 Å². The van der Waals surface area contributed by atoms with Crippen LogP contribution in [0.4, 0.5) is 28.4 Å². The van der Waals surface area contributed by atoms with Crippen molar-refractivity contribution >= 4 is 64.3 Å². The van der Waals surface area contributed by atoms with E-state index in [0.29, 0.717) is 61.8 Å². The van der Waals surface area contributed by atoms with Crippen LogP contribution in [0.1, 0.15) is 243 Å². The van der Waals surface area contributed by atoms with Gasteiger partial charge in [-0.05, 0) is 182 Å². The number of ether oxygens (including phenoxy) is 15. The highest BCUT2D eigenvalue weighted by Gasteiger charge is 2.22. The molecule has 0 spiro atoms. The molecule has 6 aromatic carbocycles. The summed E-state index contributed by atoms with van der Waals surface area (Å²) >= 11 is 0. The largest absolute Gasteiger partial charge is 0.460 e. The minimum absolute atomic E-state index is 0. The van der Waals surface area contributed by atoms with Crippen molar-refractivity contribution in [3.05, 3.63) is 185 Å². The minimum atomic E-state index is -0.564.